The minimum atomic E-state index is -1.25. The summed E-state index contributed by atoms with van der Waals surface area (Å²) in [7, 11) is 1.84. The van der Waals surface area contributed by atoms with E-state index in [2.05, 4.69) is 5.32 Å². The van der Waals surface area contributed by atoms with Crippen LogP contribution in [-0.4, -0.2) is 34.8 Å². The quantitative estimate of drug-likeness (QED) is 0.644. The van der Waals surface area contributed by atoms with E-state index in [0.717, 1.165) is 24.8 Å². The maximum atomic E-state index is 12.2. The first kappa shape index (κ1) is 22.6. The number of Topliss-reactive ketones (excluding diaryl/α,β-unsaturated/α-hetero) is 2. The van der Waals surface area contributed by atoms with Crippen molar-refractivity contribution >= 4 is 29.1 Å². The summed E-state index contributed by atoms with van der Waals surface area (Å²) in [6, 6.07) is 11.7. The van der Waals surface area contributed by atoms with Gasteiger partial charge in [0.05, 0.1) is 5.56 Å². The average molecular weight is 418 g/mol. The summed E-state index contributed by atoms with van der Waals surface area (Å²) in [4.78, 5) is 33.6. The summed E-state index contributed by atoms with van der Waals surface area (Å²) < 4.78 is 0. The van der Waals surface area contributed by atoms with Gasteiger partial charge < -0.3 is 15.5 Å². The topological polar surface area (TPSA) is 104 Å². The van der Waals surface area contributed by atoms with Gasteiger partial charge in [-0.1, -0.05) is 42.3 Å². The molecule has 6 nitrogen and oxygen atoms in total. The number of rotatable bonds is 4. The van der Waals surface area contributed by atoms with E-state index in [-0.39, 0.29) is 22.7 Å². The zero-order chi connectivity index (χ0) is 21.6. The summed E-state index contributed by atoms with van der Waals surface area (Å²) in [6.07, 6.45) is 3.54. The molecule has 0 radical (unpaired) electrons. The Morgan fingerprint density at radius 1 is 1.07 bits per heavy atom. The van der Waals surface area contributed by atoms with E-state index in [1.807, 2.05) is 31.3 Å². The van der Waals surface area contributed by atoms with Gasteiger partial charge in [0, 0.05) is 11.4 Å². The fraction of sp³-hybridized carbons (Fsp3) is 0.318. The SMILES string of the molecule is CC(=O)c1cccc(C(=O)O)c1O.CNC1(c2ccccc2Cl)CCCCC1=O. The first-order valence-electron chi connectivity index (χ1n) is 9.28. The lowest BCUT2D eigenvalue weighted by Crippen LogP contribution is -2.49. The fourth-order valence-corrected chi connectivity index (χ4v) is 3.82. The van der Waals surface area contributed by atoms with E-state index < -0.39 is 17.3 Å². The van der Waals surface area contributed by atoms with Crippen LogP contribution in [0.3, 0.4) is 0 Å². The van der Waals surface area contributed by atoms with Crippen molar-refractivity contribution < 1.29 is 24.6 Å². The number of hydrogen-bond donors (Lipinski definition) is 3. The molecule has 1 saturated carbocycles. The van der Waals surface area contributed by atoms with Crippen molar-refractivity contribution in [3.63, 3.8) is 0 Å². The highest BCUT2D eigenvalue weighted by molar-refractivity contribution is 6.31. The second-order valence-electron chi connectivity index (χ2n) is 6.83. The molecular weight excluding hydrogens is 394 g/mol. The van der Waals surface area contributed by atoms with Crippen LogP contribution in [0.4, 0.5) is 0 Å². The highest BCUT2D eigenvalue weighted by Gasteiger charge is 2.41. The van der Waals surface area contributed by atoms with E-state index in [1.165, 1.54) is 25.1 Å². The Kier molecular flexibility index (Phi) is 7.53. The molecule has 2 aromatic rings. The predicted octanol–water partition coefficient (Wildman–Crippen LogP) is 4.19. The normalized spacial score (nSPS) is 18.5. The smallest absolute Gasteiger partial charge is 0.339 e. The minimum Gasteiger partial charge on any atom is -0.506 e. The number of aromatic carboxylic acids is 1. The van der Waals surface area contributed by atoms with E-state index >= 15 is 0 Å². The zero-order valence-corrected chi connectivity index (χ0v) is 17.1. The van der Waals surface area contributed by atoms with E-state index in [0.29, 0.717) is 11.4 Å². The number of nitrogens with one attached hydrogen (secondary N) is 1. The van der Waals surface area contributed by atoms with Crippen LogP contribution in [0.5, 0.6) is 5.75 Å². The molecule has 0 amide bonds. The molecule has 1 aliphatic carbocycles. The van der Waals surface area contributed by atoms with Crippen molar-refractivity contribution in [3.05, 3.63) is 64.2 Å². The molecule has 1 fully saturated rings. The number of phenols is 1. The van der Waals surface area contributed by atoms with E-state index in [1.54, 1.807) is 0 Å². The number of carboxylic acids is 1. The van der Waals surface area contributed by atoms with Gasteiger partial charge >= 0.3 is 5.97 Å². The maximum Gasteiger partial charge on any atom is 0.339 e. The van der Waals surface area contributed by atoms with Crippen molar-refractivity contribution in [2.45, 2.75) is 38.1 Å². The van der Waals surface area contributed by atoms with Crippen molar-refractivity contribution in [2.24, 2.45) is 0 Å². The third kappa shape index (κ3) is 4.83. The van der Waals surface area contributed by atoms with Gasteiger partial charge in [0.25, 0.3) is 0 Å². The number of benzene rings is 2. The first-order valence-corrected chi connectivity index (χ1v) is 9.66. The molecular formula is C22H24ClNO5. The number of carbonyl (C=O) groups is 3. The second-order valence-corrected chi connectivity index (χ2v) is 7.24. The van der Waals surface area contributed by atoms with Crippen molar-refractivity contribution in [2.75, 3.05) is 7.05 Å². The largest absolute Gasteiger partial charge is 0.506 e. The third-order valence-electron chi connectivity index (χ3n) is 5.09. The van der Waals surface area contributed by atoms with E-state index in [4.69, 9.17) is 16.7 Å². The molecule has 0 saturated heterocycles. The van der Waals surface area contributed by atoms with Gasteiger partial charge in [0.2, 0.25) is 0 Å². The van der Waals surface area contributed by atoms with Crippen LogP contribution in [0.1, 0.15) is 58.9 Å². The highest BCUT2D eigenvalue weighted by Crippen LogP contribution is 2.37. The average Bonchev–Trinajstić information content (AvgIpc) is 2.69. The molecule has 0 spiro atoms. The summed E-state index contributed by atoms with van der Waals surface area (Å²) in [6.45, 7) is 1.26. The van der Waals surface area contributed by atoms with Crippen LogP contribution in [0, 0.1) is 0 Å². The Balaban J connectivity index is 0.000000212. The maximum absolute atomic E-state index is 12.2. The summed E-state index contributed by atoms with van der Waals surface area (Å²) in [5.74, 6) is -1.82. The molecule has 0 bridgehead atoms. The van der Waals surface area contributed by atoms with Crippen molar-refractivity contribution in [3.8, 4) is 5.75 Å². The molecule has 0 heterocycles. The Morgan fingerprint density at radius 2 is 1.72 bits per heavy atom. The van der Waals surface area contributed by atoms with Gasteiger partial charge in [-0.15, -0.1) is 0 Å². The zero-order valence-electron chi connectivity index (χ0n) is 16.4. The molecule has 154 valence electrons. The van der Waals surface area contributed by atoms with E-state index in [9.17, 15) is 19.5 Å². The van der Waals surface area contributed by atoms with Gasteiger partial charge in [-0.05, 0) is 50.6 Å². The summed E-state index contributed by atoms with van der Waals surface area (Å²) in [5, 5.41) is 21.8. The van der Waals surface area contributed by atoms with Gasteiger partial charge in [0.15, 0.2) is 11.6 Å². The standard InChI is InChI=1S/C13H16ClNO.C9H8O4/c1-15-13(9-5-4-8-12(13)16)10-6-2-3-7-11(10)14;1-5(10)6-3-2-4-7(8(6)11)9(12)13/h2-3,6-7,15H,4-5,8-9H2,1H3;2-4,11H,1H3,(H,12,13). The molecule has 0 aromatic heterocycles. The highest BCUT2D eigenvalue weighted by atomic mass is 35.5. The van der Waals surface area contributed by atoms with Crippen LogP contribution in [0.15, 0.2) is 42.5 Å². The lowest BCUT2D eigenvalue weighted by Gasteiger charge is -2.36. The predicted molar refractivity (Wildman–Crippen MR) is 111 cm³/mol. The van der Waals surface area contributed by atoms with Crippen LogP contribution in [0.2, 0.25) is 5.02 Å². The van der Waals surface area contributed by atoms with Crippen molar-refractivity contribution in [1.29, 1.82) is 0 Å². The molecule has 7 heteroatoms. The number of halogens is 1. The number of para-hydroxylation sites is 1. The third-order valence-corrected chi connectivity index (χ3v) is 5.42. The first-order chi connectivity index (χ1) is 13.7. The van der Waals surface area contributed by atoms with Crippen LogP contribution in [-0.2, 0) is 10.3 Å². The minimum absolute atomic E-state index is 0.0277. The monoisotopic (exact) mass is 417 g/mol. The van der Waals surface area contributed by atoms with Gasteiger partial charge in [-0.25, -0.2) is 4.79 Å². The number of ketones is 2. The lowest BCUT2D eigenvalue weighted by atomic mass is 9.75. The van der Waals surface area contributed by atoms with Crippen molar-refractivity contribution in [1.82, 2.24) is 5.32 Å². The van der Waals surface area contributed by atoms with Crippen LogP contribution < -0.4 is 5.32 Å². The Labute approximate surface area is 174 Å². The number of carbonyl (C=O) groups excluding carboxylic acids is 2. The Hall–Kier alpha value is -2.70. The number of aromatic hydroxyl groups is 1. The number of hydrogen-bond acceptors (Lipinski definition) is 5. The molecule has 1 atom stereocenters. The fourth-order valence-electron chi connectivity index (χ4n) is 3.52. The Morgan fingerprint density at radius 3 is 2.28 bits per heavy atom. The van der Waals surface area contributed by atoms with Gasteiger partial charge in [-0.2, -0.15) is 0 Å². The van der Waals surface area contributed by atoms with Crippen LogP contribution in [0.25, 0.3) is 0 Å². The second kappa shape index (κ2) is 9.67. The molecule has 3 rings (SSSR count). The Bertz CT molecular complexity index is 895. The summed E-state index contributed by atoms with van der Waals surface area (Å²) in [5.41, 5.74) is 0.132. The molecule has 1 unspecified atom stereocenters. The summed E-state index contributed by atoms with van der Waals surface area (Å²) >= 11 is 6.20. The number of likely N-dealkylation sites (N-methyl/N-ethyl adjacent to an activating group) is 1. The molecule has 2 aromatic carbocycles. The van der Waals surface area contributed by atoms with Gasteiger partial charge in [0.1, 0.15) is 16.9 Å². The van der Waals surface area contributed by atoms with Crippen LogP contribution >= 0.6 is 11.6 Å². The lowest BCUT2D eigenvalue weighted by molar-refractivity contribution is -0.127. The molecule has 29 heavy (non-hydrogen) atoms. The molecule has 1 aliphatic rings. The van der Waals surface area contributed by atoms with Gasteiger partial charge in [-0.3, -0.25) is 9.59 Å². The molecule has 3 N–H and O–H groups in total. The number of carboxylic acid groups (broad SMARTS) is 1. The molecule has 0 aliphatic heterocycles.